The van der Waals surface area contributed by atoms with E-state index in [4.69, 9.17) is 4.74 Å². The number of nitrogens with zero attached hydrogens (tertiary/aromatic N) is 1. The number of esters is 1. The molecule has 0 aliphatic carbocycles. The van der Waals surface area contributed by atoms with Crippen molar-refractivity contribution in [2.24, 2.45) is 0 Å². The topological polar surface area (TPSA) is 68.3 Å². The van der Waals surface area contributed by atoms with Crippen molar-refractivity contribution in [1.29, 1.82) is 0 Å². The van der Waals surface area contributed by atoms with Crippen LogP contribution in [0.25, 0.3) is 0 Å². The lowest BCUT2D eigenvalue weighted by molar-refractivity contribution is 0.0520. The molecule has 1 heterocycles. The monoisotopic (exact) mass is 366 g/mol. The zero-order valence-corrected chi connectivity index (χ0v) is 15.1. The molecule has 0 bridgehead atoms. The normalized spacial score (nSPS) is 10.3. The van der Waals surface area contributed by atoms with Gasteiger partial charge in [-0.1, -0.05) is 42.5 Å². The molecule has 26 heavy (non-hydrogen) atoms. The standard InChI is InChI=1S/C20H18N2O3S/c1-2-25-19(24)17-13-26-20(21-17)22-18(23)16-10-8-15(9-11-16)12-14-6-4-3-5-7-14/h3-11,13H,2,12H2,1H3,(H,21,22,23). The fourth-order valence-corrected chi connectivity index (χ4v) is 3.08. The van der Waals surface area contributed by atoms with E-state index < -0.39 is 5.97 Å². The van der Waals surface area contributed by atoms with Crippen LogP contribution in [-0.4, -0.2) is 23.5 Å². The summed E-state index contributed by atoms with van der Waals surface area (Å²) in [6.45, 7) is 2.02. The Morgan fingerprint density at radius 1 is 1.04 bits per heavy atom. The van der Waals surface area contributed by atoms with Gasteiger partial charge in [0.1, 0.15) is 0 Å². The lowest BCUT2D eigenvalue weighted by atomic mass is 10.0. The first-order valence-corrected chi connectivity index (χ1v) is 9.10. The van der Waals surface area contributed by atoms with Crippen molar-refractivity contribution in [2.45, 2.75) is 13.3 Å². The minimum absolute atomic E-state index is 0.199. The van der Waals surface area contributed by atoms with Gasteiger partial charge < -0.3 is 4.74 Å². The fourth-order valence-electron chi connectivity index (χ4n) is 2.40. The van der Waals surface area contributed by atoms with Gasteiger partial charge in [-0.3, -0.25) is 10.1 Å². The van der Waals surface area contributed by atoms with E-state index in [1.807, 2.05) is 30.3 Å². The van der Waals surface area contributed by atoms with Gasteiger partial charge in [0, 0.05) is 10.9 Å². The van der Waals surface area contributed by atoms with E-state index in [1.165, 1.54) is 16.9 Å². The van der Waals surface area contributed by atoms with E-state index in [-0.39, 0.29) is 18.2 Å². The highest BCUT2D eigenvalue weighted by atomic mass is 32.1. The second-order valence-corrected chi connectivity index (χ2v) is 6.43. The zero-order valence-electron chi connectivity index (χ0n) is 14.3. The molecule has 0 spiro atoms. The third-order valence-corrected chi connectivity index (χ3v) is 4.43. The van der Waals surface area contributed by atoms with E-state index in [2.05, 4.69) is 22.4 Å². The van der Waals surface area contributed by atoms with Crippen LogP contribution in [0.15, 0.2) is 60.0 Å². The molecule has 132 valence electrons. The molecule has 1 N–H and O–H groups in total. The van der Waals surface area contributed by atoms with Gasteiger partial charge in [-0.2, -0.15) is 0 Å². The SMILES string of the molecule is CCOC(=O)c1csc(NC(=O)c2ccc(Cc3ccccc3)cc2)n1. The maximum absolute atomic E-state index is 12.3. The Balaban J connectivity index is 1.62. The highest BCUT2D eigenvalue weighted by Crippen LogP contribution is 2.18. The molecule has 1 aromatic heterocycles. The van der Waals surface area contributed by atoms with Crippen molar-refractivity contribution in [1.82, 2.24) is 4.98 Å². The number of ether oxygens (including phenoxy) is 1. The summed E-state index contributed by atoms with van der Waals surface area (Å²) in [5, 5.41) is 4.64. The molecule has 0 atom stereocenters. The molecule has 2 aromatic carbocycles. The number of hydrogen-bond donors (Lipinski definition) is 1. The second-order valence-electron chi connectivity index (χ2n) is 5.57. The van der Waals surface area contributed by atoms with Gasteiger partial charge in [0.15, 0.2) is 10.8 Å². The quantitative estimate of drug-likeness (QED) is 0.665. The summed E-state index contributed by atoms with van der Waals surface area (Å²) < 4.78 is 4.89. The molecule has 0 unspecified atom stereocenters. The molecular weight excluding hydrogens is 348 g/mol. The Morgan fingerprint density at radius 3 is 2.42 bits per heavy atom. The minimum atomic E-state index is -0.491. The predicted octanol–water partition coefficient (Wildman–Crippen LogP) is 4.16. The smallest absolute Gasteiger partial charge is 0.357 e. The third kappa shape index (κ3) is 4.55. The predicted molar refractivity (Wildman–Crippen MR) is 102 cm³/mol. The second kappa shape index (κ2) is 8.40. The van der Waals surface area contributed by atoms with Gasteiger partial charge in [0.05, 0.1) is 6.61 Å². The maximum atomic E-state index is 12.3. The molecule has 1 amide bonds. The summed E-state index contributed by atoms with van der Waals surface area (Å²) in [6.07, 6.45) is 0.818. The number of nitrogens with one attached hydrogen (secondary N) is 1. The molecule has 6 heteroatoms. The Kier molecular flexibility index (Phi) is 5.76. The Morgan fingerprint density at radius 2 is 1.73 bits per heavy atom. The van der Waals surface area contributed by atoms with Crippen LogP contribution in [0.1, 0.15) is 38.9 Å². The van der Waals surface area contributed by atoms with Gasteiger partial charge in [-0.05, 0) is 36.6 Å². The van der Waals surface area contributed by atoms with E-state index >= 15 is 0 Å². The molecule has 0 saturated carbocycles. The molecule has 3 aromatic rings. The lowest BCUT2D eigenvalue weighted by Crippen LogP contribution is -2.12. The minimum Gasteiger partial charge on any atom is -0.461 e. The summed E-state index contributed by atoms with van der Waals surface area (Å²) in [4.78, 5) is 28.0. The highest BCUT2D eigenvalue weighted by Gasteiger charge is 2.14. The van der Waals surface area contributed by atoms with Crippen LogP contribution in [0.4, 0.5) is 5.13 Å². The molecular formula is C20H18N2O3S. The van der Waals surface area contributed by atoms with Crippen LogP contribution in [0, 0.1) is 0 Å². The van der Waals surface area contributed by atoms with Gasteiger partial charge in [0.25, 0.3) is 5.91 Å². The molecule has 0 radical (unpaired) electrons. The number of rotatable bonds is 6. The first kappa shape index (κ1) is 17.8. The van der Waals surface area contributed by atoms with E-state index in [9.17, 15) is 9.59 Å². The van der Waals surface area contributed by atoms with Crippen molar-refractivity contribution >= 4 is 28.3 Å². The van der Waals surface area contributed by atoms with Crippen LogP contribution >= 0.6 is 11.3 Å². The molecule has 0 saturated heterocycles. The van der Waals surface area contributed by atoms with Crippen LogP contribution < -0.4 is 5.32 Å². The van der Waals surface area contributed by atoms with Crippen LogP contribution in [-0.2, 0) is 11.2 Å². The Hall–Kier alpha value is -2.99. The highest BCUT2D eigenvalue weighted by molar-refractivity contribution is 7.14. The van der Waals surface area contributed by atoms with Crippen molar-refractivity contribution < 1.29 is 14.3 Å². The van der Waals surface area contributed by atoms with Crippen LogP contribution in [0.3, 0.4) is 0 Å². The summed E-state index contributed by atoms with van der Waals surface area (Å²) in [5.74, 6) is -0.754. The van der Waals surface area contributed by atoms with E-state index in [0.717, 1.165) is 12.0 Å². The van der Waals surface area contributed by atoms with Gasteiger partial charge in [-0.25, -0.2) is 9.78 Å². The lowest BCUT2D eigenvalue weighted by Gasteiger charge is -2.05. The number of amides is 1. The van der Waals surface area contributed by atoms with Crippen LogP contribution in [0.5, 0.6) is 0 Å². The summed E-state index contributed by atoms with van der Waals surface area (Å²) in [6, 6.07) is 17.6. The average molecular weight is 366 g/mol. The number of carbonyl (C=O) groups excluding carboxylic acids is 2. The third-order valence-electron chi connectivity index (χ3n) is 3.68. The van der Waals surface area contributed by atoms with Crippen molar-refractivity contribution in [3.8, 4) is 0 Å². The summed E-state index contributed by atoms with van der Waals surface area (Å²) in [5.41, 5.74) is 3.09. The molecule has 5 nitrogen and oxygen atoms in total. The average Bonchev–Trinajstić information content (AvgIpc) is 3.12. The van der Waals surface area contributed by atoms with Crippen molar-refractivity contribution in [2.75, 3.05) is 11.9 Å². The van der Waals surface area contributed by atoms with E-state index in [0.29, 0.717) is 10.7 Å². The number of aromatic nitrogens is 1. The Labute approximate surface area is 155 Å². The molecule has 0 aliphatic heterocycles. The molecule has 0 fully saturated rings. The number of anilines is 1. The molecule has 3 rings (SSSR count). The molecule has 0 aliphatic rings. The van der Waals surface area contributed by atoms with E-state index in [1.54, 1.807) is 24.4 Å². The summed E-state index contributed by atoms with van der Waals surface area (Å²) >= 11 is 1.19. The number of carbonyl (C=O) groups is 2. The zero-order chi connectivity index (χ0) is 18.4. The van der Waals surface area contributed by atoms with Gasteiger partial charge in [0.2, 0.25) is 0 Å². The Bertz CT molecular complexity index is 889. The van der Waals surface area contributed by atoms with Gasteiger partial charge >= 0.3 is 5.97 Å². The maximum Gasteiger partial charge on any atom is 0.357 e. The number of hydrogen-bond acceptors (Lipinski definition) is 5. The summed E-state index contributed by atoms with van der Waals surface area (Å²) in [7, 11) is 0. The first-order chi connectivity index (χ1) is 12.7. The number of benzene rings is 2. The van der Waals surface area contributed by atoms with Crippen molar-refractivity contribution in [3.63, 3.8) is 0 Å². The number of thiazole rings is 1. The van der Waals surface area contributed by atoms with Crippen LogP contribution in [0.2, 0.25) is 0 Å². The van der Waals surface area contributed by atoms with Crippen molar-refractivity contribution in [3.05, 3.63) is 82.4 Å². The fraction of sp³-hybridized carbons (Fsp3) is 0.150. The van der Waals surface area contributed by atoms with Gasteiger partial charge in [-0.15, -0.1) is 11.3 Å². The first-order valence-electron chi connectivity index (χ1n) is 8.22. The largest absolute Gasteiger partial charge is 0.461 e.